The molecule has 0 saturated heterocycles. The van der Waals surface area contributed by atoms with Crippen molar-refractivity contribution < 1.29 is 4.74 Å². The van der Waals surface area contributed by atoms with Crippen molar-refractivity contribution >= 4 is 21.6 Å². The van der Waals surface area contributed by atoms with Crippen LogP contribution >= 0.6 is 15.9 Å². The normalized spacial score (nSPS) is 10.3. The predicted octanol–water partition coefficient (Wildman–Crippen LogP) is 4.27. The summed E-state index contributed by atoms with van der Waals surface area (Å²) in [5, 5.41) is 0. The van der Waals surface area contributed by atoms with Crippen LogP contribution in [0.15, 0.2) is 53.0 Å². The Labute approximate surface area is 123 Å². The highest BCUT2D eigenvalue weighted by Crippen LogP contribution is 2.17. The number of likely N-dealkylation sites (N-methyl/N-ethyl adjacent to an activating group) is 1. The van der Waals surface area contributed by atoms with Gasteiger partial charge in [-0.1, -0.05) is 28.1 Å². The average Bonchev–Trinajstić information content (AvgIpc) is 2.41. The molecule has 0 spiro atoms. The molecule has 0 fully saturated rings. The third-order valence-electron chi connectivity index (χ3n) is 2.95. The summed E-state index contributed by atoms with van der Waals surface area (Å²) in [6, 6.07) is 16.4. The van der Waals surface area contributed by atoms with E-state index in [4.69, 9.17) is 4.74 Å². The van der Waals surface area contributed by atoms with Crippen molar-refractivity contribution in [1.82, 2.24) is 0 Å². The van der Waals surface area contributed by atoms with Crippen molar-refractivity contribution in [3.05, 3.63) is 58.6 Å². The molecule has 2 nitrogen and oxygen atoms in total. The molecule has 0 aliphatic carbocycles. The van der Waals surface area contributed by atoms with Gasteiger partial charge >= 0.3 is 0 Å². The van der Waals surface area contributed by atoms with E-state index in [0.717, 1.165) is 16.8 Å². The molecule has 0 bridgehead atoms. The summed E-state index contributed by atoms with van der Waals surface area (Å²) in [5.74, 6) is 0.904. The molecule has 0 atom stereocenters. The Morgan fingerprint density at radius 3 is 2.53 bits per heavy atom. The first-order chi connectivity index (χ1) is 9.15. The van der Waals surface area contributed by atoms with Crippen LogP contribution in [0, 0.1) is 6.92 Å². The Morgan fingerprint density at radius 1 is 1.11 bits per heavy atom. The number of nitrogens with zero attached hydrogens (tertiary/aromatic N) is 1. The summed E-state index contributed by atoms with van der Waals surface area (Å²) >= 11 is 3.41. The van der Waals surface area contributed by atoms with Crippen LogP contribution in [0.5, 0.6) is 5.75 Å². The fourth-order valence-electron chi connectivity index (χ4n) is 1.83. The highest BCUT2D eigenvalue weighted by atomic mass is 79.9. The molecular weight excluding hydrogens is 302 g/mol. The molecule has 0 N–H and O–H groups in total. The lowest BCUT2D eigenvalue weighted by atomic mass is 10.2. The lowest BCUT2D eigenvalue weighted by molar-refractivity contribution is 0.326. The van der Waals surface area contributed by atoms with Gasteiger partial charge in [0.15, 0.2) is 0 Å². The van der Waals surface area contributed by atoms with Crippen molar-refractivity contribution in [2.45, 2.75) is 6.92 Å². The van der Waals surface area contributed by atoms with Gasteiger partial charge in [0.2, 0.25) is 0 Å². The molecule has 2 aromatic carbocycles. The summed E-state index contributed by atoms with van der Waals surface area (Å²) in [7, 11) is 2.08. The Balaban J connectivity index is 1.84. The third kappa shape index (κ3) is 4.28. The zero-order chi connectivity index (χ0) is 13.7. The summed E-state index contributed by atoms with van der Waals surface area (Å²) in [5.41, 5.74) is 2.50. The number of anilines is 1. The van der Waals surface area contributed by atoms with E-state index in [-0.39, 0.29) is 0 Å². The second-order valence-electron chi connectivity index (χ2n) is 4.56. The van der Waals surface area contributed by atoms with Gasteiger partial charge in [0, 0.05) is 17.2 Å². The Kier molecular flexibility index (Phi) is 4.86. The van der Waals surface area contributed by atoms with Crippen molar-refractivity contribution in [2.24, 2.45) is 0 Å². The summed E-state index contributed by atoms with van der Waals surface area (Å²) in [6.45, 7) is 3.64. The largest absolute Gasteiger partial charge is 0.492 e. The van der Waals surface area contributed by atoms with Crippen LogP contribution in [-0.4, -0.2) is 20.2 Å². The van der Waals surface area contributed by atoms with Gasteiger partial charge in [0.25, 0.3) is 0 Å². The Hall–Kier alpha value is -1.48. The minimum absolute atomic E-state index is 0.673. The third-order valence-corrected chi connectivity index (χ3v) is 3.48. The summed E-state index contributed by atoms with van der Waals surface area (Å²) in [6.07, 6.45) is 0. The van der Waals surface area contributed by atoms with E-state index >= 15 is 0 Å². The van der Waals surface area contributed by atoms with E-state index in [2.05, 4.69) is 59.1 Å². The molecule has 3 heteroatoms. The van der Waals surface area contributed by atoms with Gasteiger partial charge in [-0.2, -0.15) is 0 Å². The maximum atomic E-state index is 5.72. The van der Waals surface area contributed by atoms with E-state index in [1.165, 1.54) is 11.3 Å². The topological polar surface area (TPSA) is 12.5 Å². The SMILES string of the molecule is Cc1cccc(N(C)CCOc2ccc(Br)cc2)c1. The second kappa shape index (κ2) is 6.62. The van der Waals surface area contributed by atoms with E-state index in [0.29, 0.717) is 6.61 Å². The van der Waals surface area contributed by atoms with E-state index in [9.17, 15) is 0 Å². The number of aryl methyl sites for hydroxylation is 1. The van der Waals surface area contributed by atoms with E-state index in [1.54, 1.807) is 0 Å². The number of hydrogen-bond donors (Lipinski definition) is 0. The fraction of sp³-hybridized carbons (Fsp3) is 0.250. The van der Waals surface area contributed by atoms with Gasteiger partial charge in [-0.15, -0.1) is 0 Å². The van der Waals surface area contributed by atoms with E-state index in [1.807, 2.05) is 24.3 Å². The molecule has 0 saturated carbocycles. The predicted molar refractivity (Wildman–Crippen MR) is 84.1 cm³/mol. The highest BCUT2D eigenvalue weighted by Gasteiger charge is 2.01. The van der Waals surface area contributed by atoms with Crippen LogP contribution in [0.3, 0.4) is 0 Å². The summed E-state index contributed by atoms with van der Waals surface area (Å²) < 4.78 is 6.79. The lowest BCUT2D eigenvalue weighted by Gasteiger charge is -2.19. The van der Waals surface area contributed by atoms with Crippen LogP contribution in [-0.2, 0) is 0 Å². The molecule has 0 heterocycles. The average molecular weight is 320 g/mol. The van der Waals surface area contributed by atoms with Crippen LogP contribution in [0.25, 0.3) is 0 Å². The van der Waals surface area contributed by atoms with Gasteiger partial charge in [0.05, 0.1) is 6.54 Å². The molecule has 100 valence electrons. The number of halogens is 1. The quantitative estimate of drug-likeness (QED) is 0.816. The molecule has 0 aliphatic rings. The first kappa shape index (κ1) is 13.9. The number of benzene rings is 2. The van der Waals surface area contributed by atoms with Crippen LogP contribution in [0.1, 0.15) is 5.56 Å². The number of ether oxygens (including phenoxy) is 1. The molecule has 2 aromatic rings. The molecular formula is C16H18BrNO. The molecule has 0 aliphatic heterocycles. The van der Waals surface area contributed by atoms with Crippen molar-refractivity contribution in [3.63, 3.8) is 0 Å². The first-order valence-corrected chi connectivity index (χ1v) is 7.10. The number of rotatable bonds is 5. The second-order valence-corrected chi connectivity index (χ2v) is 5.48. The van der Waals surface area contributed by atoms with Crippen molar-refractivity contribution in [2.75, 3.05) is 25.1 Å². The maximum absolute atomic E-state index is 5.72. The minimum atomic E-state index is 0.673. The molecule has 0 unspecified atom stereocenters. The first-order valence-electron chi connectivity index (χ1n) is 6.31. The summed E-state index contributed by atoms with van der Waals surface area (Å²) in [4.78, 5) is 2.20. The molecule has 2 rings (SSSR count). The standard InChI is InChI=1S/C16H18BrNO/c1-13-4-3-5-15(12-13)18(2)10-11-19-16-8-6-14(17)7-9-16/h3-9,12H,10-11H2,1-2H3. The maximum Gasteiger partial charge on any atom is 0.119 e. The van der Waals surface area contributed by atoms with Gasteiger partial charge in [0.1, 0.15) is 12.4 Å². The zero-order valence-corrected chi connectivity index (χ0v) is 12.9. The van der Waals surface area contributed by atoms with Gasteiger partial charge in [-0.3, -0.25) is 0 Å². The van der Waals surface area contributed by atoms with Crippen molar-refractivity contribution in [1.29, 1.82) is 0 Å². The Bertz CT molecular complexity index is 525. The molecule has 0 amide bonds. The minimum Gasteiger partial charge on any atom is -0.492 e. The molecule has 0 radical (unpaired) electrons. The Morgan fingerprint density at radius 2 is 1.84 bits per heavy atom. The van der Waals surface area contributed by atoms with Gasteiger partial charge < -0.3 is 9.64 Å². The highest BCUT2D eigenvalue weighted by molar-refractivity contribution is 9.10. The van der Waals surface area contributed by atoms with Gasteiger partial charge in [-0.05, 0) is 48.9 Å². The molecule has 19 heavy (non-hydrogen) atoms. The molecule has 0 aromatic heterocycles. The van der Waals surface area contributed by atoms with Gasteiger partial charge in [-0.25, -0.2) is 0 Å². The monoisotopic (exact) mass is 319 g/mol. The van der Waals surface area contributed by atoms with Crippen LogP contribution in [0.4, 0.5) is 5.69 Å². The zero-order valence-electron chi connectivity index (χ0n) is 11.3. The lowest BCUT2D eigenvalue weighted by Crippen LogP contribution is -2.23. The fourth-order valence-corrected chi connectivity index (χ4v) is 2.09. The van der Waals surface area contributed by atoms with Crippen molar-refractivity contribution in [3.8, 4) is 5.75 Å². The van der Waals surface area contributed by atoms with Crippen LogP contribution in [0.2, 0.25) is 0 Å². The van der Waals surface area contributed by atoms with E-state index < -0.39 is 0 Å². The van der Waals surface area contributed by atoms with Crippen LogP contribution < -0.4 is 9.64 Å². The smallest absolute Gasteiger partial charge is 0.119 e. The number of hydrogen-bond acceptors (Lipinski definition) is 2.